The van der Waals surface area contributed by atoms with Crippen molar-refractivity contribution < 1.29 is 9.53 Å². The smallest absolute Gasteiger partial charge is 0.412 e. The molecule has 0 atom stereocenters. The largest absolute Gasteiger partial charge is 0.444 e. The molecule has 20 heavy (non-hydrogen) atoms. The minimum Gasteiger partial charge on any atom is -0.444 e. The Kier molecular flexibility index (Phi) is 3.65. The van der Waals surface area contributed by atoms with Crippen LogP contribution in [0.3, 0.4) is 0 Å². The number of nitrogens with zero attached hydrogens (tertiary/aromatic N) is 1. The standard InChI is InChI=1S/C14H18N4O2/c1-14(2,3)20-13(19)17-11-7-5-4-6-9(11)10-8-16-18-12(10)15/h4-8H,1-3H3,(H,17,19)(H3,15,16,18). The summed E-state index contributed by atoms with van der Waals surface area (Å²) in [6, 6.07) is 7.33. The third-order valence-corrected chi connectivity index (χ3v) is 2.52. The molecule has 0 aliphatic carbocycles. The Bertz CT molecular complexity index is 614. The Morgan fingerprint density at radius 1 is 1.30 bits per heavy atom. The summed E-state index contributed by atoms with van der Waals surface area (Å²) in [7, 11) is 0. The van der Waals surface area contributed by atoms with Crippen molar-refractivity contribution in [1.82, 2.24) is 10.2 Å². The van der Waals surface area contributed by atoms with Gasteiger partial charge in [-0.3, -0.25) is 10.4 Å². The molecule has 1 aromatic heterocycles. The van der Waals surface area contributed by atoms with E-state index in [0.717, 1.165) is 11.1 Å². The summed E-state index contributed by atoms with van der Waals surface area (Å²) in [4.78, 5) is 11.8. The topological polar surface area (TPSA) is 93.0 Å². The lowest BCUT2D eigenvalue weighted by molar-refractivity contribution is 0.0636. The number of aromatic nitrogens is 2. The monoisotopic (exact) mass is 274 g/mol. The van der Waals surface area contributed by atoms with E-state index in [1.807, 2.05) is 39.0 Å². The summed E-state index contributed by atoms with van der Waals surface area (Å²) in [5, 5.41) is 9.28. The zero-order valence-electron chi connectivity index (χ0n) is 11.7. The lowest BCUT2D eigenvalue weighted by atomic mass is 10.1. The van der Waals surface area contributed by atoms with Gasteiger partial charge in [-0.05, 0) is 26.8 Å². The Balaban J connectivity index is 2.26. The fraction of sp³-hybridized carbons (Fsp3) is 0.286. The van der Waals surface area contributed by atoms with Crippen molar-refractivity contribution in [3.63, 3.8) is 0 Å². The SMILES string of the molecule is CC(C)(C)OC(=O)Nc1ccccc1-c1cn[nH]c1N. The van der Waals surface area contributed by atoms with Gasteiger partial charge in [0.1, 0.15) is 11.4 Å². The van der Waals surface area contributed by atoms with E-state index in [-0.39, 0.29) is 0 Å². The second-order valence-electron chi connectivity index (χ2n) is 5.37. The first kappa shape index (κ1) is 13.9. The molecule has 6 nitrogen and oxygen atoms in total. The van der Waals surface area contributed by atoms with Crippen LogP contribution in [0, 0.1) is 0 Å². The molecule has 0 aliphatic heterocycles. The maximum absolute atomic E-state index is 11.8. The quantitative estimate of drug-likeness (QED) is 0.784. The first-order valence-corrected chi connectivity index (χ1v) is 6.25. The van der Waals surface area contributed by atoms with Crippen LogP contribution in [-0.4, -0.2) is 21.9 Å². The first-order valence-electron chi connectivity index (χ1n) is 6.25. The van der Waals surface area contributed by atoms with Crippen LogP contribution in [-0.2, 0) is 4.74 Å². The number of anilines is 2. The van der Waals surface area contributed by atoms with Crippen molar-refractivity contribution in [2.45, 2.75) is 26.4 Å². The van der Waals surface area contributed by atoms with Crippen LogP contribution < -0.4 is 11.1 Å². The fourth-order valence-electron chi connectivity index (χ4n) is 1.75. The highest BCUT2D eigenvalue weighted by molar-refractivity contribution is 5.93. The van der Waals surface area contributed by atoms with Crippen LogP contribution in [0.25, 0.3) is 11.1 Å². The Labute approximate surface area is 117 Å². The number of ether oxygens (including phenoxy) is 1. The number of benzene rings is 1. The molecule has 1 amide bonds. The molecule has 0 radical (unpaired) electrons. The van der Waals surface area contributed by atoms with Crippen LogP contribution in [0.4, 0.5) is 16.3 Å². The normalized spacial score (nSPS) is 11.2. The average molecular weight is 274 g/mol. The number of hydrogen-bond donors (Lipinski definition) is 3. The van der Waals surface area contributed by atoms with Crippen molar-refractivity contribution in [3.05, 3.63) is 30.5 Å². The number of H-pyrrole nitrogens is 1. The van der Waals surface area contributed by atoms with Gasteiger partial charge >= 0.3 is 6.09 Å². The summed E-state index contributed by atoms with van der Waals surface area (Å²) >= 11 is 0. The van der Waals surface area contributed by atoms with Gasteiger partial charge in [0.25, 0.3) is 0 Å². The van der Waals surface area contributed by atoms with Crippen LogP contribution >= 0.6 is 0 Å². The number of carbonyl (C=O) groups excluding carboxylic acids is 1. The number of para-hydroxylation sites is 1. The minimum absolute atomic E-state index is 0.448. The zero-order chi connectivity index (χ0) is 14.8. The lowest BCUT2D eigenvalue weighted by Gasteiger charge is -2.20. The predicted molar refractivity (Wildman–Crippen MR) is 78.3 cm³/mol. The molecule has 0 spiro atoms. The van der Waals surface area contributed by atoms with Gasteiger partial charge in [-0.1, -0.05) is 18.2 Å². The molecule has 0 unspecified atom stereocenters. The number of rotatable bonds is 2. The number of nitrogen functional groups attached to an aromatic ring is 1. The Morgan fingerprint density at radius 3 is 2.60 bits per heavy atom. The maximum Gasteiger partial charge on any atom is 0.412 e. The van der Waals surface area contributed by atoms with E-state index < -0.39 is 11.7 Å². The van der Waals surface area contributed by atoms with E-state index in [0.29, 0.717) is 11.5 Å². The first-order chi connectivity index (χ1) is 9.37. The molecule has 0 aliphatic rings. The molecule has 0 saturated carbocycles. The van der Waals surface area contributed by atoms with E-state index in [9.17, 15) is 4.79 Å². The third kappa shape index (κ3) is 3.28. The van der Waals surface area contributed by atoms with Gasteiger partial charge in [-0.25, -0.2) is 4.79 Å². The summed E-state index contributed by atoms with van der Waals surface area (Å²) in [5.74, 6) is 0.448. The highest BCUT2D eigenvalue weighted by atomic mass is 16.6. The molecule has 0 bridgehead atoms. The second-order valence-corrected chi connectivity index (χ2v) is 5.37. The van der Waals surface area contributed by atoms with E-state index in [4.69, 9.17) is 10.5 Å². The number of carbonyl (C=O) groups is 1. The predicted octanol–water partition coefficient (Wildman–Crippen LogP) is 3.01. The minimum atomic E-state index is -0.548. The number of nitrogens with two attached hydrogens (primary N) is 1. The fourth-order valence-corrected chi connectivity index (χ4v) is 1.75. The van der Waals surface area contributed by atoms with E-state index in [2.05, 4.69) is 15.5 Å². The number of aromatic amines is 1. The van der Waals surface area contributed by atoms with Crippen LogP contribution in [0.2, 0.25) is 0 Å². The third-order valence-electron chi connectivity index (χ3n) is 2.52. The molecular weight excluding hydrogens is 256 g/mol. The molecule has 4 N–H and O–H groups in total. The molecule has 2 rings (SSSR count). The van der Waals surface area contributed by atoms with Crippen LogP contribution in [0.1, 0.15) is 20.8 Å². The number of nitrogens with one attached hydrogen (secondary N) is 2. The molecule has 106 valence electrons. The van der Waals surface area contributed by atoms with Gasteiger partial charge in [0.05, 0.1) is 11.9 Å². The van der Waals surface area contributed by atoms with Crippen molar-refractivity contribution in [1.29, 1.82) is 0 Å². The van der Waals surface area contributed by atoms with Gasteiger partial charge in [-0.2, -0.15) is 5.10 Å². The van der Waals surface area contributed by atoms with Gasteiger partial charge in [0.2, 0.25) is 0 Å². The highest BCUT2D eigenvalue weighted by Crippen LogP contribution is 2.30. The van der Waals surface area contributed by atoms with Crippen LogP contribution in [0.5, 0.6) is 0 Å². The van der Waals surface area contributed by atoms with Crippen molar-refractivity contribution in [2.75, 3.05) is 11.1 Å². The second kappa shape index (κ2) is 5.24. The Morgan fingerprint density at radius 2 is 2.00 bits per heavy atom. The maximum atomic E-state index is 11.8. The Hall–Kier alpha value is -2.50. The van der Waals surface area contributed by atoms with Crippen LogP contribution in [0.15, 0.2) is 30.5 Å². The van der Waals surface area contributed by atoms with E-state index in [1.54, 1.807) is 12.3 Å². The zero-order valence-corrected chi connectivity index (χ0v) is 11.7. The van der Waals surface area contributed by atoms with Gasteiger partial charge < -0.3 is 10.5 Å². The summed E-state index contributed by atoms with van der Waals surface area (Å²) in [5.41, 5.74) is 7.40. The van der Waals surface area contributed by atoms with Crippen molar-refractivity contribution >= 4 is 17.6 Å². The summed E-state index contributed by atoms with van der Waals surface area (Å²) < 4.78 is 5.24. The average Bonchev–Trinajstić information content (AvgIpc) is 2.73. The van der Waals surface area contributed by atoms with Crippen molar-refractivity contribution in [3.8, 4) is 11.1 Å². The van der Waals surface area contributed by atoms with Gasteiger partial charge in [-0.15, -0.1) is 0 Å². The number of hydrogen-bond acceptors (Lipinski definition) is 4. The van der Waals surface area contributed by atoms with Gasteiger partial charge in [0.15, 0.2) is 0 Å². The molecule has 2 aromatic rings. The van der Waals surface area contributed by atoms with Crippen molar-refractivity contribution in [2.24, 2.45) is 0 Å². The molecule has 6 heteroatoms. The summed E-state index contributed by atoms with van der Waals surface area (Å²) in [6.07, 6.45) is 1.11. The number of amides is 1. The summed E-state index contributed by atoms with van der Waals surface area (Å²) in [6.45, 7) is 5.44. The highest BCUT2D eigenvalue weighted by Gasteiger charge is 2.18. The van der Waals surface area contributed by atoms with E-state index >= 15 is 0 Å². The van der Waals surface area contributed by atoms with E-state index in [1.165, 1.54) is 0 Å². The lowest BCUT2D eigenvalue weighted by Crippen LogP contribution is -2.27. The molecular formula is C14H18N4O2. The molecule has 0 saturated heterocycles. The molecule has 1 heterocycles. The molecule has 0 fully saturated rings. The molecule has 1 aromatic carbocycles. The van der Waals surface area contributed by atoms with Gasteiger partial charge in [0, 0.05) is 11.1 Å².